The zero-order valence-electron chi connectivity index (χ0n) is 33.4. The van der Waals surface area contributed by atoms with Gasteiger partial charge in [-0.3, -0.25) is 0 Å². The first kappa shape index (κ1) is 35.1. The van der Waals surface area contributed by atoms with E-state index in [1.54, 1.807) is 0 Å². The van der Waals surface area contributed by atoms with Gasteiger partial charge in [0.15, 0.2) is 0 Å². The van der Waals surface area contributed by atoms with E-state index < -0.39 is 0 Å². The summed E-state index contributed by atoms with van der Waals surface area (Å²) >= 11 is 0. The van der Waals surface area contributed by atoms with Crippen LogP contribution in [0.15, 0.2) is 176 Å². The van der Waals surface area contributed by atoms with Crippen molar-refractivity contribution in [2.24, 2.45) is 23.7 Å². The van der Waals surface area contributed by atoms with Gasteiger partial charge in [-0.15, -0.1) is 0 Å². The topological polar surface area (TPSA) is 12.5 Å². The average molecular weight is 752 g/mol. The number of fused-ring (bicyclic) bond motifs is 6. The second-order valence-corrected chi connectivity index (χ2v) is 17.7. The fraction of sp³-hybridized carbons (Fsp3) is 0.214. The van der Waals surface area contributed by atoms with Gasteiger partial charge in [0.1, 0.15) is 11.5 Å². The van der Waals surface area contributed by atoms with E-state index in [-0.39, 0.29) is 5.41 Å². The van der Waals surface area contributed by atoms with Crippen molar-refractivity contribution in [3.63, 3.8) is 0 Å². The average Bonchev–Trinajstić information content (AvgIpc) is 3.55. The van der Waals surface area contributed by atoms with Crippen molar-refractivity contribution in [2.45, 2.75) is 51.4 Å². The predicted molar refractivity (Wildman–Crippen MR) is 243 cm³/mol. The van der Waals surface area contributed by atoms with Crippen LogP contribution in [0.1, 0.15) is 57.1 Å². The zero-order chi connectivity index (χ0) is 38.8. The summed E-state index contributed by atoms with van der Waals surface area (Å²) in [6.07, 6.45) is 6.75. The van der Waals surface area contributed by atoms with Crippen molar-refractivity contribution >= 4 is 38.6 Å². The molecule has 0 N–H and O–H groups in total. The first-order chi connectivity index (χ1) is 28.5. The number of rotatable bonds is 7. The number of para-hydroxylation sites is 1. The Balaban J connectivity index is 1.01. The fourth-order valence-electron chi connectivity index (χ4n) is 11.4. The van der Waals surface area contributed by atoms with E-state index in [4.69, 9.17) is 4.74 Å². The van der Waals surface area contributed by atoms with Crippen LogP contribution in [0.4, 0.5) is 17.1 Å². The highest BCUT2D eigenvalue weighted by Gasteiger charge is 2.46. The van der Waals surface area contributed by atoms with Gasteiger partial charge in [-0.25, -0.2) is 0 Å². The molecule has 0 spiro atoms. The summed E-state index contributed by atoms with van der Waals surface area (Å²) in [5, 5.41) is 4.97. The normalized spacial score (nSPS) is 22.0. The number of nitrogens with zero attached hydrogens (tertiary/aromatic N) is 1. The number of anilines is 3. The van der Waals surface area contributed by atoms with Gasteiger partial charge in [-0.2, -0.15) is 0 Å². The summed E-state index contributed by atoms with van der Waals surface area (Å²) in [6.45, 7) is 4.98. The summed E-state index contributed by atoms with van der Waals surface area (Å²) in [5.41, 5.74) is 10.8. The van der Waals surface area contributed by atoms with Crippen molar-refractivity contribution < 1.29 is 4.74 Å². The largest absolute Gasteiger partial charge is 0.457 e. The summed E-state index contributed by atoms with van der Waals surface area (Å²) in [5.74, 6) is 5.34. The summed E-state index contributed by atoms with van der Waals surface area (Å²) < 4.78 is 6.71. The second-order valence-electron chi connectivity index (χ2n) is 17.7. The van der Waals surface area contributed by atoms with E-state index in [0.717, 1.165) is 52.2 Å². The monoisotopic (exact) mass is 751 g/mol. The van der Waals surface area contributed by atoms with Gasteiger partial charge in [0.25, 0.3) is 0 Å². The first-order valence-corrected chi connectivity index (χ1v) is 21.4. The molecule has 0 saturated heterocycles. The second kappa shape index (κ2) is 14.1. The van der Waals surface area contributed by atoms with Crippen LogP contribution in [-0.2, 0) is 5.41 Å². The maximum Gasteiger partial charge on any atom is 0.131 e. The molecule has 5 atom stereocenters. The molecule has 0 amide bonds. The SMILES string of the molecule is C[C@@H]1CC2C[C@H](CC2C[C@]2(C)c3ccccc3Oc3ccc(-c4cccc(N(c5ccc(-c6cccc7ccccc67)cc5)c5cccc6ccccc56)c4)cc32)C1. The van der Waals surface area contributed by atoms with E-state index in [1.807, 2.05) is 0 Å². The number of hydrogen-bond acceptors (Lipinski definition) is 2. The van der Waals surface area contributed by atoms with Crippen LogP contribution in [0, 0.1) is 23.7 Å². The lowest BCUT2D eigenvalue weighted by molar-refractivity contribution is 0.236. The summed E-state index contributed by atoms with van der Waals surface area (Å²) in [4.78, 5) is 2.43. The van der Waals surface area contributed by atoms with E-state index in [9.17, 15) is 0 Å². The number of hydrogen-bond donors (Lipinski definition) is 0. The van der Waals surface area contributed by atoms with Gasteiger partial charge in [-0.1, -0.05) is 141 Å². The maximum atomic E-state index is 6.71. The highest BCUT2D eigenvalue weighted by Crippen LogP contribution is 2.57. The van der Waals surface area contributed by atoms with E-state index in [1.165, 1.54) is 87.0 Å². The van der Waals surface area contributed by atoms with Crippen molar-refractivity contribution in [2.75, 3.05) is 4.90 Å². The molecule has 0 radical (unpaired) electrons. The Morgan fingerprint density at radius 1 is 0.534 bits per heavy atom. The van der Waals surface area contributed by atoms with E-state index in [0.29, 0.717) is 0 Å². The minimum atomic E-state index is -0.135. The highest BCUT2D eigenvalue weighted by molar-refractivity contribution is 6.00. The van der Waals surface area contributed by atoms with Gasteiger partial charge in [0.2, 0.25) is 0 Å². The molecular formula is C56H49NO. The maximum absolute atomic E-state index is 6.71. The third-order valence-corrected chi connectivity index (χ3v) is 14.0. The van der Waals surface area contributed by atoms with Gasteiger partial charge in [0.05, 0.1) is 5.69 Å². The minimum absolute atomic E-state index is 0.135. The Bertz CT molecular complexity index is 2810. The molecule has 1 aliphatic heterocycles. The smallest absolute Gasteiger partial charge is 0.131 e. The lowest BCUT2D eigenvalue weighted by Gasteiger charge is -2.40. The third-order valence-electron chi connectivity index (χ3n) is 14.0. The van der Waals surface area contributed by atoms with Crippen LogP contribution in [0.5, 0.6) is 11.5 Å². The van der Waals surface area contributed by atoms with E-state index >= 15 is 0 Å². The zero-order valence-corrected chi connectivity index (χ0v) is 33.4. The van der Waals surface area contributed by atoms with Crippen LogP contribution in [0.25, 0.3) is 43.8 Å². The molecule has 2 saturated carbocycles. The van der Waals surface area contributed by atoms with Gasteiger partial charge >= 0.3 is 0 Å². The molecule has 0 aromatic heterocycles. The molecule has 2 fully saturated rings. The van der Waals surface area contributed by atoms with Crippen molar-refractivity contribution in [1.82, 2.24) is 0 Å². The van der Waals surface area contributed by atoms with Crippen molar-refractivity contribution in [1.29, 1.82) is 0 Å². The Morgan fingerprint density at radius 3 is 2.07 bits per heavy atom. The van der Waals surface area contributed by atoms with Crippen LogP contribution in [-0.4, -0.2) is 0 Å². The van der Waals surface area contributed by atoms with Crippen molar-refractivity contribution in [3.8, 4) is 33.8 Å². The standard InChI is InChI=1S/C56H49NO/c1-37-30-38-32-44(31-37)45(33-38)36-56(2)51-21-7-8-23-54(51)58-55-29-26-43(35-52(55)56)42-16-9-17-47(34-42)57(53-22-11-15-40-13-4-6-19-50(40)53)46-27-24-41(25-28-46)49-20-10-14-39-12-3-5-18-48(39)49/h3-29,34-35,37-38,44-45H,30-33,36H2,1-2H3/t37-,38+,44?,45?,56+/m0/s1. The van der Waals surface area contributed by atoms with Gasteiger partial charge < -0.3 is 9.64 Å². The number of benzene rings is 8. The van der Waals surface area contributed by atoms with Gasteiger partial charge in [0, 0.05) is 33.3 Å². The van der Waals surface area contributed by atoms with Gasteiger partial charge in [-0.05, 0) is 143 Å². The molecule has 3 aliphatic rings. The van der Waals surface area contributed by atoms with E-state index in [2.05, 4.69) is 195 Å². The quantitative estimate of drug-likeness (QED) is 0.161. The Labute approximate surface area is 342 Å². The molecule has 2 unspecified atom stereocenters. The first-order valence-electron chi connectivity index (χ1n) is 21.4. The van der Waals surface area contributed by atoms with Crippen LogP contribution in [0.2, 0.25) is 0 Å². The Kier molecular flexibility index (Phi) is 8.50. The Hall–Kier alpha value is -6.12. The molecule has 2 nitrogen and oxygen atoms in total. The molecule has 8 aromatic carbocycles. The molecule has 8 aromatic rings. The summed E-state index contributed by atoms with van der Waals surface area (Å²) in [6, 6.07) is 64.6. The lowest BCUT2D eigenvalue weighted by atomic mass is 9.66. The third kappa shape index (κ3) is 6.00. The summed E-state index contributed by atoms with van der Waals surface area (Å²) in [7, 11) is 0. The molecule has 11 rings (SSSR count). The van der Waals surface area contributed by atoms with Crippen LogP contribution < -0.4 is 9.64 Å². The van der Waals surface area contributed by atoms with Crippen LogP contribution >= 0.6 is 0 Å². The Morgan fingerprint density at radius 2 is 1.21 bits per heavy atom. The fourth-order valence-corrected chi connectivity index (χ4v) is 11.4. The highest BCUT2D eigenvalue weighted by atomic mass is 16.5. The number of ether oxygens (including phenoxy) is 1. The molecule has 58 heavy (non-hydrogen) atoms. The van der Waals surface area contributed by atoms with Crippen molar-refractivity contribution in [3.05, 3.63) is 187 Å². The molecule has 284 valence electrons. The lowest BCUT2D eigenvalue weighted by Crippen LogP contribution is -2.32. The van der Waals surface area contributed by atoms with Crippen LogP contribution in [0.3, 0.4) is 0 Å². The molecular weight excluding hydrogens is 703 g/mol. The predicted octanol–water partition coefficient (Wildman–Crippen LogP) is 15.7. The molecule has 1 heterocycles. The minimum Gasteiger partial charge on any atom is -0.457 e. The molecule has 2 aliphatic carbocycles. The molecule has 2 bridgehead atoms. The molecule has 2 heteroatoms.